The summed E-state index contributed by atoms with van der Waals surface area (Å²) in [7, 11) is 9.71. The van der Waals surface area contributed by atoms with Crippen LogP contribution in [-0.2, 0) is 26.4 Å². The molecule has 0 fully saturated rings. The van der Waals surface area contributed by atoms with Gasteiger partial charge in [-0.25, -0.2) is 19.2 Å². The largest absolute Gasteiger partial charge is 0.705 e. The van der Waals surface area contributed by atoms with E-state index in [0.717, 1.165) is 12.3 Å². The summed E-state index contributed by atoms with van der Waals surface area (Å²) in [6.45, 7) is 0. The molecule has 3 rings (SSSR count). The number of aromatic nitrogens is 3. The Bertz CT molecular complexity index is 1290. The van der Waals surface area contributed by atoms with Gasteiger partial charge in [0.25, 0.3) is 0 Å². The average molecular weight is 650 g/mol. The van der Waals surface area contributed by atoms with Gasteiger partial charge in [0.2, 0.25) is 0 Å². The Morgan fingerprint density at radius 3 is 1.71 bits per heavy atom. The van der Waals surface area contributed by atoms with Crippen LogP contribution in [-0.4, -0.2) is 54.3 Å². The van der Waals surface area contributed by atoms with Crippen LogP contribution in [0.1, 0.15) is 36.8 Å². The predicted molar refractivity (Wildman–Crippen MR) is 133 cm³/mol. The minimum atomic E-state index is -1.14. The third kappa shape index (κ3) is 10.9. The fraction of sp³-hybridized carbons (Fsp3) is 0.0435. The van der Waals surface area contributed by atoms with Crippen molar-refractivity contribution >= 4 is 43.3 Å². The fourth-order valence-corrected chi connectivity index (χ4v) is 2.57. The van der Waals surface area contributed by atoms with Crippen LogP contribution >= 0.6 is 19.4 Å². The summed E-state index contributed by atoms with van der Waals surface area (Å²) in [6, 6.07) is 6.77. The SMILES string of the molecule is O=C(O)c1ccnc(-c2cc(C(=O)O)ccn2)c1.[Cl][Ru+2][Cl].[NH-]/C=C\C(=C/Cc1cc(C(=O)O)c[n-]1)C(=O)O. The van der Waals surface area contributed by atoms with Crippen LogP contribution < -0.4 is 4.98 Å². The van der Waals surface area contributed by atoms with Crippen molar-refractivity contribution in [2.24, 2.45) is 0 Å². The third-order valence-corrected chi connectivity index (χ3v) is 4.26. The van der Waals surface area contributed by atoms with Crippen molar-refractivity contribution in [1.29, 1.82) is 0 Å². The van der Waals surface area contributed by atoms with E-state index in [9.17, 15) is 19.2 Å². The van der Waals surface area contributed by atoms with Crippen LogP contribution in [0.2, 0.25) is 0 Å². The van der Waals surface area contributed by atoms with Gasteiger partial charge in [0.1, 0.15) is 0 Å². The van der Waals surface area contributed by atoms with Gasteiger partial charge in [-0.1, -0.05) is 18.2 Å². The van der Waals surface area contributed by atoms with Gasteiger partial charge in [0.15, 0.2) is 0 Å². The van der Waals surface area contributed by atoms with E-state index in [0.29, 0.717) is 17.1 Å². The summed E-state index contributed by atoms with van der Waals surface area (Å²) in [4.78, 5) is 54.7. The molecule has 38 heavy (non-hydrogen) atoms. The molecule has 0 aliphatic heterocycles. The summed E-state index contributed by atoms with van der Waals surface area (Å²) >= 11 is -0.346. The van der Waals surface area contributed by atoms with Gasteiger partial charge in [-0.3, -0.25) is 9.97 Å². The first-order valence-corrected chi connectivity index (χ1v) is 14.4. The first-order valence-electron chi connectivity index (χ1n) is 9.90. The first-order chi connectivity index (χ1) is 18.0. The fourth-order valence-electron chi connectivity index (χ4n) is 2.57. The number of hydrogen-bond donors (Lipinski definition) is 4. The molecule has 0 atom stereocenters. The number of nitrogens with zero attached hydrogens (tertiary/aromatic N) is 3. The predicted octanol–water partition coefficient (Wildman–Crippen LogP) is 4.38. The summed E-state index contributed by atoms with van der Waals surface area (Å²) < 4.78 is 0. The van der Waals surface area contributed by atoms with E-state index in [1.54, 1.807) is 0 Å². The van der Waals surface area contributed by atoms with Gasteiger partial charge >= 0.3 is 58.4 Å². The maximum Gasteiger partial charge on any atom is 0.335 e. The number of halogens is 2. The number of aromatic carboxylic acids is 3. The summed E-state index contributed by atoms with van der Waals surface area (Å²) in [5, 5.41) is 35.1. The number of hydrogen-bond acceptors (Lipinski definition) is 6. The molecule has 12 nitrogen and oxygen atoms in total. The molecule has 5 N–H and O–H groups in total. The molecule has 3 aromatic rings. The van der Waals surface area contributed by atoms with Crippen LogP contribution in [0.4, 0.5) is 0 Å². The van der Waals surface area contributed by atoms with Crippen molar-refractivity contribution in [1.82, 2.24) is 15.0 Å². The number of carboxylic acid groups (broad SMARTS) is 4. The Morgan fingerprint density at radius 2 is 1.34 bits per heavy atom. The van der Waals surface area contributed by atoms with Gasteiger partial charge < -0.3 is 31.1 Å². The second-order valence-electron chi connectivity index (χ2n) is 6.68. The number of pyridine rings is 2. The van der Waals surface area contributed by atoms with Crippen LogP contribution in [0.5, 0.6) is 0 Å². The summed E-state index contributed by atoms with van der Waals surface area (Å²) in [6.07, 6.45) is 7.50. The second kappa shape index (κ2) is 16.6. The minimum absolute atomic E-state index is 0.0279. The molecule has 0 spiro atoms. The summed E-state index contributed by atoms with van der Waals surface area (Å²) in [5.41, 5.74) is 8.09. The zero-order chi connectivity index (χ0) is 28.7. The molecule has 15 heteroatoms. The molecule has 0 bridgehead atoms. The van der Waals surface area contributed by atoms with Gasteiger partial charge in [0, 0.05) is 18.0 Å². The second-order valence-corrected chi connectivity index (χ2v) is 9.32. The molecule has 0 saturated heterocycles. The molecular weight excluding hydrogens is 632 g/mol. The maximum absolute atomic E-state index is 10.8. The number of rotatable bonds is 8. The minimum Gasteiger partial charge on any atom is -0.705 e. The van der Waals surface area contributed by atoms with Crippen molar-refractivity contribution in [3.05, 3.63) is 101 Å². The zero-order valence-corrected chi connectivity index (χ0v) is 22.2. The molecule has 0 amide bonds. The van der Waals surface area contributed by atoms with Crippen molar-refractivity contribution in [2.45, 2.75) is 6.42 Å². The Morgan fingerprint density at radius 1 is 0.868 bits per heavy atom. The van der Waals surface area contributed by atoms with Crippen LogP contribution in [0.3, 0.4) is 0 Å². The monoisotopic (exact) mass is 650 g/mol. The number of carboxylic acids is 4. The number of allylic oxidation sites excluding steroid dienone is 1. The van der Waals surface area contributed by atoms with E-state index < -0.39 is 23.9 Å². The van der Waals surface area contributed by atoms with Crippen molar-refractivity contribution in [3.8, 4) is 11.4 Å². The number of nitrogens with one attached hydrogen (secondary N) is 1. The quantitative estimate of drug-likeness (QED) is 0.153. The smallest absolute Gasteiger partial charge is 0.335 e. The van der Waals surface area contributed by atoms with E-state index in [-0.39, 0.29) is 43.8 Å². The molecule has 200 valence electrons. The molecule has 0 saturated carbocycles. The Kier molecular flexibility index (Phi) is 14.0. The van der Waals surface area contributed by atoms with Gasteiger partial charge in [-0.15, -0.1) is 0 Å². The molecule has 3 heterocycles. The average Bonchev–Trinajstić information content (AvgIpc) is 3.37. The van der Waals surface area contributed by atoms with E-state index in [1.165, 1.54) is 55.0 Å². The summed E-state index contributed by atoms with van der Waals surface area (Å²) in [5.74, 6) is -4.36. The third-order valence-electron chi connectivity index (χ3n) is 4.26. The molecular formula is C23H18Cl2N4O8Ru. The van der Waals surface area contributed by atoms with Gasteiger partial charge in [0.05, 0.1) is 28.1 Å². The van der Waals surface area contributed by atoms with Crippen LogP contribution in [0.25, 0.3) is 17.1 Å². The van der Waals surface area contributed by atoms with E-state index in [4.69, 9.17) is 45.5 Å². The Hall–Kier alpha value is -4.06. The van der Waals surface area contributed by atoms with Crippen LogP contribution in [0, 0.1) is 0 Å². The topological polar surface area (TPSA) is 213 Å². The van der Waals surface area contributed by atoms with Crippen molar-refractivity contribution in [2.75, 3.05) is 0 Å². The van der Waals surface area contributed by atoms with Gasteiger partial charge in [-0.05, 0) is 30.7 Å². The van der Waals surface area contributed by atoms with Crippen molar-refractivity contribution in [3.63, 3.8) is 0 Å². The molecule has 3 aromatic heterocycles. The number of aliphatic carboxylic acids is 1. The molecule has 0 aliphatic carbocycles. The van der Waals surface area contributed by atoms with E-state index in [1.807, 2.05) is 0 Å². The first kappa shape index (κ1) is 32.0. The van der Waals surface area contributed by atoms with Crippen LogP contribution in [0.15, 0.2) is 72.8 Å². The van der Waals surface area contributed by atoms with Crippen molar-refractivity contribution < 1.29 is 54.7 Å². The standard InChI is InChI=1S/C12H8N2O4.C11H10N2O4.2ClH.Ru/c15-11(16)7-1-3-13-9(5-7)10-6-8(12(17)18)2-4-14-10;12-4-3-7(10(14)15)1-2-9-5-8(6-13-9)11(16)17;;;/h1-6H,(H,15,16)(H,17,18);1,3-6,12H,2H2,(H,14,15)(H,16,17);2*1H;/q;-2;;;+4/p-2/b;4-3-,7-1+;;;. The van der Waals surface area contributed by atoms with Gasteiger partial charge in [-0.2, -0.15) is 18.1 Å². The molecule has 0 radical (unpaired) electrons. The Labute approximate surface area is 231 Å². The van der Waals surface area contributed by atoms with E-state index >= 15 is 0 Å². The Balaban J connectivity index is 0.000000345. The maximum atomic E-state index is 10.8. The molecule has 0 unspecified atom stereocenters. The molecule has 0 aromatic carbocycles. The van der Waals surface area contributed by atoms with E-state index in [2.05, 4.69) is 15.0 Å². The number of carbonyl (C=O) groups is 4. The molecule has 0 aliphatic rings. The normalized spacial score (nSPS) is 10.5. The zero-order valence-electron chi connectivity index (χ0n) is 18.9.